The van der Waals surface area contributed by atoms with Crippen LogP contribution in [0.5, 0.6) is 0 Å². The number of hydrogen-bond donors (Lipinski definition) is 1. The van der Waals surface area contributed by atoms with E-state index in [1.807, 2.05) is 6.92 Å². The number of aliphatic carboxylic acids is 1. The number of aryl methyl sites for hydroxylation is 1. The summed E-state index contributed by atoms with van der Waals surface area (Å²) in [5.41, 5.74) is 0.756. The molecule has 1 heterocycles. The lowest BCUT2D eigenvalue weighted by molar-refractivity contribution is -0.141. The van der Waals surface area contributed by atoms with Crippen molar-refractivity contribution < 1.29 is 27.9 Å². The van der Waals surface area contributed by atoms with Gasteiger partial charge in [-0.2, -0.15) is 4.31 Å². The van der Waals surface area contributed by atoms with Gasteiger partial charge in [-0.3, -0.25) is 4.79 Å². The van der Waals surface area contributed by atoms with Crippen LogP contribution >= 0.6 is 0 Å². The lowest BCUT2D eigenvalue weighted by atomic mass is 10.1. The molecule has 1 aliphatic heterocycles. The minimum Gasteiger partial charge on any atom is -0.480 e. The van der Waals surface area contributed by atoms with Crippen molar-refractivity contribution in [2.24, 2.45) is 0 Å². The molecule has 1 aliphatic rings. The highest BCUT2D eigenvalue weighted by molar-refractivity contribution is 7.89. The van der Waals surface area contributed by atoms with E-state index in [1.165, 1.54) is 30.4 Å². The standard InChI is InChI=1S/C17H24N2O6S/c1-4-13-5-6-14(16(20)18(3)12(2)17(21)22)11-15(13)26(23,24)19-7-9-25-10-8-19/h5-6,11-12H,4,7-10H2,1-3H3,(H,21,22). The Labute approximate surface area is 153 Å². The van der Waals surface area contributed by atoms with Crippen LogP contribution in [0.1, 0.15) is 29.8 Å². The minimum atomic E-state index is -3.76. The van der Waals surface area contributed by atoms with Crippen LogP contribution in [-0.2, 0) is 26.0 Å². The summed E-state index contributed by atoms with van der Waals surface area (Å²) in [5.74, 6) is -1.67. The summed E-state index contributed by atoms with van der Waals surface area (Å²) in [6.07, 6.45) is 0.495. The first-order valence-corrected chi connectivity index (χ1v) is 9.85. The molecule has 0 radical (unpaired) electrons. The van der Waals surface area contributed by atoms with Gasteiger partial charge in [0, 0.05) is 25.7 Å². The molecule has 2 rings (SSSR count). The highest BCUT2D eigenvalue weighted by Crippen LogP contribution is 2.24. The van der Waals surface area contributed by atoms with E-state index < -0.39 is 27.9 Å². The van der Waals surface area contributed by atoms with Crippen LogP contribution in [0, 0.1) is 0 Å². The second-order valence-electron chi connectivity index (χ2n) is 6.12. The van der Waals surface area contributed by atoms with Crippen LogP contribution in [0.15, 0.2) is 23.1 Å². The fourth-order valence-corrected chi connectivity index (χ4v) is 4.42. The molecule has 1 aromatic carbocycles. The van der Waals surface area contributed by atoms with Crippen LogP contribution in [-0.4, -0.2) is 74.0 Å². The minimum absolute atomic E-state index is 0.0872. The van der Waals surface area contributed by atoms with Gasteiger partial charge in [0.05, 0.1) is 18.1 Å². The van der Waals surface area contributed by atoms with Gasteiger partial charge < -0.3 is 14.7 Å². The van der Waals surface area contributed by atoms with Crippen molar-refractivity contribution in [3.8, 4) is 0 Å². The SMILES string of the molecule is CCc1ccc(C(=O)N(C)C(C)C(=O)O)cc1S(=O)(=O)N1CCOCC1. The fourth-order valence-electron chi connectivity index (χ4n) is 2.69. The second-order valence-corrected chi connectivity index (χ2v) is 8.03. The van der Waals surface area contributed by atoms with E-state index in [1.54, 1.807) is 6.07 Å². The molecular weight excluding hydrogens is 360 g/mol. The number of sulfonamides is 1. The van der Waals surface area contributed by atoms with Gasteiger partial charge in [0.1, 0.15) is 6.04 Å². The molecular formula is C17H24N2O6S. The highest BCUT2D eigenvalue weighted by Gasteiger charge is 2.30. The van der Waals surface area contributed by atoms with E-state index >= 15 is 0 Å². The quantitative estimate of drug-likeness (QED) is 0.778. The summed E-state index contributed by atoms with van der Waals surface area (Å²) in [7, 11) is -2.38. The molecule has 0 spiro atoms. The van der Waals surface area contributed by atoms with Crippen molar-refractivity contribution >= 4 is 21.9 Å². The predicted octanol–water partition coefficient (Wildman–Crippen LogP) is 0.815. The average Bonchev–Trinajstić information content (AvgIpc) is 2.66. The summed E-state index contributed by atoms with van der Waals surface area (Å²) in [6.45, 7) is 4.43. The molecule has 144 valence electrons. The Kier molecular flexibility index (Phi) is 6.38. The average molecular weight is 384 g/mol. The molecule has 1 saturated heterocycles. The van der Waals surface area contributed by atoms with Gasteiger partial charge in [-0.05, 0) is 31.0 Å². The lowest BCUT2D eigenvalue weighted by Crippen LogP contribution is -2.41. The number of nitrogens with zero attached hydrogens (tertiary/aromatic N) is 2. The molecule has 0 aliphatic carbocycles. The van der Waals surface area contributed by atoms with Gasteiger partial charge in [0.15, 0.2) is 0 Å². The summed E-state index contributed by atoms with van der Waals surface area (Å²) < 4.78 is 32.6. The monoisotopic (exact) mass is 384 g/mol. The van der Waals surface area contributed by atoms with Gasteiger partial charge in [-0.1, -0.05) is 13.0 Å². The maximum Gasteiger partial charge on any atom is 0.326 e. The molecule has 1 atom stereocenters. The molecule has 9 heteroatoms. The summed E-state index contributed by atoms with van der Waals surface area (Å²) in [4.78, 5) is 24.8. The van der Waals surface area contributed by atoms with Crippen molar-refractivity contribution in [3.05, 3.63) is 29.3 Å². The Bertz CT molecular complexity index is 786. The van der Waals surface area contributed by atoms with Gasteiger partial charge >= 0.3 is 5.97 Å². The number of likely N-dealkylation sites (N-methyl/N-ethyl adjacent to an activating group) is 1. The van der Waals surface area contributed by atoms with Crippen LogP contribution in [0.3, 0.4) is 0 Å². The van der Waals surface area contributed by atoms with Crippen LogP contribution in [0.2, 0.25) is 0 Å². The molecule has 1 aromatic rings. The molecule has 0 aromatic heterocycles. The van der Waals surface area contributed by atoms with E-state index in [0.29, 0.717) is 25.2 Å². The number of ether oxygens (including phenoxy) is 1. The lowest BCUT2D eigenvalue weighted by Gasteiger charge is -2.27. The summed E-state index contributed by atoms with van der Waals surface area (Å²) >= 11 is 0. The number of carboxylic acids is 1. The second kappa shape index (κ2) is 8.15. The maximum absolute atomic E-state index is 13.0. The zero-order valence-corrected chi connectivity index (χ0v) is 16.0. The molecule has 0 saturated carbocycles. The normalized spacial score (nSPS) is 16.9. The van der Waals surface area contributed by atoms with E-state index in [2.05, 4.69) is 0 Å². The number of amides is 1. The number of rotatable bonds is 6. The topological polar surface area (TPSA) is 104 Å². The number of carbonyl (C=O) groups is 2. The van der Waals surface area contributed by atoms with E-state index in [0.717, 1.165) is 4.90 Å². The van der Waals surface area contributed by atoms with Crippen LogP contribution in [0.4, 0.5) is 0 Å². The molecule has 26 heavy (non-hydrogen) atoms. The van der Waals surface area contributed by atoms with Gasteiger partial charge in [0.25, 0.3) is 5.91 Å². The van der Waals surface area contributed by atoms with Crippen LogP contribution in [0.25, 0.3) is 0 Å². The number of morpholine rings is 1. The first kappa shape index (κ1) is 20.3. The summed E-state index contributed by atoms with van der Waals surface area (Å²) in [5, 5.41) is 9.08. The smallest absolute Gasteiger partial charge is 0.326 e. The van der Waals surface area contributed by atoms with E-state index in [4.69, 9.17) is 9.84 Å². The first-order valence-electron chi connectivity index (χ1n) is 8.41. The maximum atomic E-state index is 13.0. The molecule has 1 N–H and O–H groups in total. The van der Waals surface area contributed by atoms with Crippen molar-refractivity contribution in [1.82, 2.24) is 9.21 Å². The Morgan fingerprint density at radius 3 is 2.46 bits per heavy atom. The number of carbonyl (C=O) groups excluding carboxylic acids is 1. The molecule has 1 unspecified atom stereocenters. The molecule has 1 fully saturated rings. The fraction of sp³-hybridized carbons (Fsp3) is 0.529. The third-order valence-electron chi connectivity index (χ3n) is 4.54. The Balaban J connectivity index is 2.42. The largest absolute Gasteiger partial charge is 0.480 e. The molecule has 8 nitrogen and oxygen atoms in total. The molecule has 0 bridgehead atoms. The molecule has 1 amide bonds. The third kappa shape index (κ3) is 4.05. The van der Waals surface area contributed by atoms with Crippen molar-refractivity contribution in [2.45, 2.75) is 31.2 Å². The number of carboxylic acid groups (broad SMARTS) is 1. The summed E-state index contributed by atoms with van der Waals surface area (Å²) in [6, 6.07) is 3.47. The third-order valence-corrected chi connectivity index (χ3v) is 6.52. The number of benzene rings is 1. The van der Waals surface area contributed by atoms with Crippen LogP contribution < -0.4 is 0 Å². The first-order chi connectivity index (χ1) is 12.2. The zero-order valence-electron chi connectivity index (χ0n) is 15.1. The van der Waals surface area contributed by atoms with Gasteiger partial charge in [-0.15, -0.1) is 0 Å². The van der Waals surface area contributed by atoms with Crippen molar-refractivity contribution in [3.63, 3.8) is 0 Å². The van der Waals surface area contributed by atoms with E-state index in [-0.39, 0.29) is 23.5 Å². The van der Waals surface area contributed by atoms with Gasteiger partial charge in [0.2, 0.25) is 10.0 Å². The zero-order chi connectivity index (χ0) is 19.5. The van der Waals surface area contributed by atoms with Gasteiger partial charge in [-0.25, -0.2) is 13.2 Å². The van der Waals surface area contributed by atoms with Crippen molar-refractivity contribution in [1.29, 1.82) is 0 Å². The Hall–Kier alpha value is -1.97. The number of hydrogen-bond acceptors (Lipinski definition) is 5. The van der Waals surface area contributed by atoms with E-state index in [9.17, 15) is 18.0 Å². The Morgan fingerprint density at radius 1 is 1.31 bits per heavy atom. The van der Waals surface area contributed by atoms with Crippen molar-refractivity contribution in [2.75, 3.05) is 33.4 Å². The highest BCUT2D eigenvalue weighted by atomic mass is 32.2. The Morgan fingerprint density at radius 2 is 1.92 bits per heavy atom. The predicted molar refractivity (Wildman–Crippen MR) is 94.6 cm³/mol.